The zero-order chi connectivity index (χ0) is 18.9. The SMILES string of the molecule is NCCCCc1c(-c2cccc(I)c2)[nH]c2c(C(F)(F)F)ccc(Cl)c12. The number of nitrogens with two attached hydrogens (primary N) is 1. The first-order chi connectivity index (χ1) is 12.3. The normalized spacial score (nSPS) is 12.1. The van der Waals surface area contributed by atoms with Gasteiger partial charge in [-0.05, 0) is 83.8 Å². The van der Waals surface area contributed by atoms with Gasteiger partial charge in [-0.2, -0.15) is 13.2 Å². The van der Waals surface area contributed by atoms with Crippen LogP contribution >= 0.6 is 34.2 Å². The molecule has 0 saturated heterocycles. The second-order valence-corrected chi connectivity index (χ2v) is 7.73. The van der Waals surface area contributed by atoms with E-state index >= 15 is 0 Å². The third-order valence-electron chi connectivity index (χ3n) is 4.31. The number of aryl methyl sites for hydroxylation is 1. The van der Waals surface area contributed by atoms with Crippen LogP contribution in [0.3, 0.4) is 0 Å². The fourth-order valence-electron chi connectivity index (χ4n) is 3.15. The maximum Gasteiger partial charge on any atom is 0.418 e. The molecule has 2 nitrogen and oxygen atoms in total. The molecule has 0 aliphatic heterocycles. The van der Waals surface area contributed by atoms with E-state index in [1.807, 2.05) is 24.3 Å². The lowest BCUT2D eigenvalue weighted by molar-refractivity contribution is -0.136. The zero-order valence-electron chi connectivity index (χ0n) is 13.8. The van der Waals surface area contributed by atoms with Gasteiger partial charge in [0.2, 0.25) is 0 Å². The van der Waals surface area contributed by atoms with Gasteiger partial charge in [-0.15, -0.1) is 0 Å². The van der Waals surface area contributed by atoms with Crippen LogP contribution < -0.4 is 5.73 Å². The predicted molar refractivity (Wildman–Crippen MR) is 108 cm³/mol. The van der Waals surface area contributed by atoms with Crippen LogP contribution in [0.5, 0.6) is 0 Å². The maximum atomic E-state index is 13.5. The van der Waals surface area contributed by atoms with Crippen molar-refractivity contribution in [1.82, 2.24) is 4.98 Å². The summed E-state index contributed by atoms with van der Waals surface area (Å²) >= 11 is 8.50. The van der Waals surface area contributed by atoms with Crippen molar-refractivity contribution in [2.45, 2.75) is 25.4 Å². The second kappa shape index (κ2) is 7.78. The van der Waals surface area contributed by atoms with Gasteiger partial charge in [0.1, 0.15) is 0 Å². The zero-order valence-corrected chi connectivity index (χ0v) is 16.7. The molecule has 0 radical (unpaired) electrons. The molecule has 0 fully saturated rings. The van der Waals surface area contributed by atoms with Crippen molar-refractivity contribution in [3.8, 4) is 11.3 Å². The number of fused-ring (bicyclic) bond motifs is 1. The number of hydrogen-bond donors (Lipinski definition) is 2. The Kier molecular flexibility index (Phi) is 5.84. The molecule has 0 aliphatic carbocycles. The summed E-state index contributed by atoms with van der Waals surface area (Å²) in [7, 11) is 0. The molecule has 3 aromatic rings. The van der Waals surface area contributed by atoms with Crippen molar-refractivity contribution in [2.75, 3.05) is 6.54 Å². The third-order valence-corrected chi connectivity index (χ3v) is 5.29. The highest BCUT2D eigenvalue weighted by Gasteiger charge is 2.34. The van der Waals surface area contributed by atoms with Crippen molar-refractivity contribution in [3.05, 3.63) is 56.1 Å². The number of aromatic amines is 1. The van der Waals surface area contributed by atoms with Crippen LogP contribution in [0.25, 0.3) is 22.2 Å². The molecule has 0 amide bonds. The molecule has 2 aromatic carbocycles. The van der Waals surface area contributed by atoms with Crippen LogP contribution in [0.15, 0.2) is 36.4 Å². The van der Waals surface area contributed by atoms with Crippen LogP contribution in [0.4, 0.5) is 13.2 Å². The quantitative estimate of drug-likeness (QED) is 0.314. The van der Waals surface area contributed by atoms with E-state index in [-0.39, 0.29) is 5.52 Å². The molecule has 7 heteroatoms. The summed E-state index contributed by atoms with van der Waals surface area (Å²) in [5.74, 6) is 0. The van der Waals surface area contributed by atoms with E-state index in [0.29, 0.717) is 29.1 Å². The Morgan fingerprint density at radius 1 is 1.12 bits per heavy atom. The lowest BCUT2D eigenvalue weighted by Gasteiger charge is -2.09. The van der Waals surface area contributed by atoms with E-state index in [9.17, 15) is 13.2 Å². The lowest BCUT2D eigenvalue weighted by Crippen LogP contribution is -2.05. The minimum absolute atomic E-state index is 0.0432. The fourth-order valence-corrected chi connectivity index (χ4v) is 3.96. The number of hydrogen-bond acceptors (Lipinski definition) is 1. The van der Waals surface area contributed by atoms with Crippen LogP contribution in [-0.4, -0.2) is 11.5 Å². The summed E-state index contributed by atoms with van der Waals surface area (Å²) in [5, 5.41) is 0.774. The van der Waals surface area contributed by atoms with Gasteiger partial charge in [-0.1, -0.05) is 23.7 Å². The smallest absolute Gasteiger partial charge is 0.354 e. The Labute approximate surface area is 168 Å². The Morgan fingerprint density at radius 3 is 2.54 bits per heavy atom. The molecule has 138 valence electrons. The monoisotopic (exact) mass is 492 g/mol. The predicted octanol–water partition coefficient (Wildman–Crippen LogP) is 6.39. The summed E-state index contributed by atoms with van der Waals surface area (Å²) in [6.07, 6.45) is -2.26. The highest BCUT2D eigenvalue weighted by atomic mass is 127. The molecule has 0 saturated carbocycles. The number of H-pyrrole nitrogens is 1. The van der Waals surface area contributed by atoms with Crippen molar-refractivity contribution < 1.29 is 13.2 Å². The fraction of sp³-hybridized carbons (Fsp3) is 0.263. The number of nitrogens with one attached hydrogen (secondary N) is 1. The summed E-state index contributed by atoms with van der Waals surface area (Å²) in [6, 6.07) is 10.0. The van der Waals surface area contributed by atoms with Crippen molar-refractivity contribution in [1.29, 1.82) is 0 Å². The van der Waals surface area contributed by atoms with Crippen LogP contribution in [-0.2, 0) is 12.6 Å². The molecule has 0 bridgehead atoms. The van der Waals surface area contributed by atoms with E-state index in [0.717, 1.165) is 33.6 Å². The molecule has 0 spiro atoms. The molecule has 1 heterocycles. The first kappa shape index (κ1) is 19.5. The van der Waals surface area contributed by atoms with Crippen LogP contribution in [0.2, 0.25) is 5.02 Å². The maximum absolute atomic E-state index is 13.5. The van der Waals surface area contributed by atoms with E-state index in [4.69, 9.17) is 17.3 Å². The van der Waals surface area contributed by atoms with E-state index in [2.05, 4.69) is 27.6 Å². The van der Waals surface area contributed by atoms with E-state index < -0.39 is 11.7 Å². The van der Waals surface area contributed by atoms with Gasteiger partial charge >= 0.3 is 6.18 Å². The van der Waals surface area contributed by atoms with Crippen LogP contribution in [0.1, 0.15) is 24.0 Å². The Hall–Kier alpha value is -1.25. The number of alkyl halides is 3. The van der Waals surface area contributed by atoms with E-state index in [1.165, 1.54) is 6.07 Å². The second-order valence-electron chi connectivity index (χ2n) is 6.08. The minimum atomic E-state index is -4.45. The molecule has 3 N–H and O–H groups in total. The first-order valence-corrected chi connectivity index (χ1v) is 9.65. The molecule has 26 heavy (non-hydrogen) atoms. The molecule has 3 rings (SSSR count). The van der Waals surface area contributed by atoms with Gasteiger partial charge in [0.05, 0.1) is 16.1 Å². The van der Waals surface area contributed by atoms with Crippen molar-refractivity contribution in [2.24, 2.45) is 5.73 Å². The Bertz CT molecular complexity index is 934. The van der Waals surface area contributed by atoms with Crippen molar-refractivity contribution in [3.63, 3.8) is 0 Å². The molecular formula is C19H17ClF3IN2. The van der Waals surface area contributed by atoms with Gasteiger partial charge in [0.25, 0.3) is 0 Å². The Balaban J connectivity index is 2.28. The summed E-state index contributed by atoms with van der Waals surface area (Å²) in [5.41, 5.74) is 7.27. The van der Waals surface area contributed by atoms with Gasteiger partial charge in [-0.25, -0.2) is 0 Å². The molecule has 0 unspecified atom stereocenters. The molecular weight excluding hydrogens is 476 g/mol. The summed E-state index contributed by atoms with van der Waals surface area (Å²) < 4.78 is 41.5. The Morgan fingerprint density at radius 2 is 1.88 bits per heavy atom. The number of halogens is 5. The average molecular weight is 493 g/mol. The minimum Gasteiger partial charge on any atom is -0.354 e. The summed E-state index contributed by atoms with van der Waals surface area (Å²) in [4.78, 5) is 3.01. The highest BCUT2D eigenvalue weighted by Crippen LogP contribution is 2.42. The standard InChI is InChI=1S/C19H17ClF3IN2/c20-15-8-7-14(19(21,22)23)18-16(15)13(6-1-2-9-25)17(26-18)11-4-3-5-12(24)10-11/h3-5,7-8,10,26H,1-2,6,9,25H2. The van der Waals surface area contributed by atoms with Crippen LogP contribution in [0, 0.1) is 3.57 Å². The average Bonchev–Trinajstić information content (AvgIpc) is 2.94. The third kappa shape index (κ3) is 3.87. The first-order valence-electron chi connectivity index (χ1n) is 8.19. The number of unbranched alkanes of at least 4 members (excludes halogenated alkanes) is 1. The molecule has 0 atom stereocenters. The van der Waals surface area contributed by atoms with Gasteiger partial charge in [0.15, 0.2) is 0 Å². The largest absolute Gasteiger partial charge is 0.418 e. The van der Waals surface area contributed by atoms with Crippen molar-refractivity contribution >= 4 is 45.1 Å². The van der Waals surface area contributed by atoms with Gasteiger partial charge in [0, 0.05) is 14.7 Å². The number of benzene rings is 2. The molecule has 1 aromatic heterocycles. The molecule has 0 aliphatic rings. The van der Waals surface area contributed by atoms with E-state index in [1.54, 1.807) is 0 Å². The van der Waals surface area contributed by atoms with Gasteiger partial charge < -0.3 is 10.7 Å². The summed E-state index contributed by atoms with van der Waals surface area (Å²) in [6.45, 7) is 0.544. The topological polar surface area (TPSA) is 41.8 Å². The number of rotatable bonds is 5. The lowest BCUT2D eigenvalue weighted by atomic mass is 9.99. The number of aromatic nitrogens is 1. The van der Waals surface area contributed by atoms with Gasteiger partial charge in [-0.3, -0.25) is 0 Å². The highest BCUT2D eigenvalue weighted by molar-refractivity contribution is 14.1.